The van der Waals surface area contributed by atoms with E-state index in [0.29, 0.717) is 0 Å². The van der Waals surface area contributed by atoms with Crippen LogP contribution in [0.3, 0.4) is 0 Å². The number of nitrogens with zero attached hydrogens (tertiary/aromatic N) is 4. The van der Waals surface area contributed by atoms with Crippen LogP contribution in [0.5, 0.6) is 0 Å². The Kier molecular flexibility index (Phi) is 5.35. The molecule has 0 atom stereocenters. The van der Waals surface area contributed by atoms with E-state index in [0.717, 1.165) is 50.3 Å². The first-order valence-electron chi connectivity index (χ1n) is 16.7. The van der Waals surface area contributed by atoms with Gasteiger partial charge >= 0.3 is 0 Å². The summed E-state index contributed by atoms with van der Waals surface area (Å²) in [4.78, 5) is 5.41. The van der Waals surface area contributed by atoms with Crippen molar-refractivity contribution < 1.29 is 0 Å². The molecule has 4 heteroatoms. The lowest BCUT2D eigenvalue weighted by molar-refractivity contribution is 1.08. The molecule has 0 N–H and O–H groups in total. The van der Waals surface area contributed by atoms with E-state index in [1.54, 1.807) is 0 Å². The topological polar surface area (TPSA) is 27.2 Å². The van der Waals surface area contributed by atoms with Crippen molar-refractivity contribution in [2.45, 2.75) is 0 Å². The molecule has 8 aromatic carbocycles. The van der Waals surface area contributed by atoms with Gasteiger partial charge in [0.05, 0.1) is 16.6 Å². The molecule has 3 aromatic heterocycles. The smallest absolute Gasteiger partial charge is 0.221 e. The molecule has 0 spiro atoms. The van der Waals surface area contributed by atoms with Crippen LogP contribution in [0.4, 0.5) is 0 Å². The predicted molar refractivity (Wildman–Crippen MR) is 204 cm³/mol. The van der Waals surface area contributed by atoms with E-state index in [-0.39, 0.29) is 0 Å². The summed E-state index contributed by atoms with van der Waals surface area (Å²) in [6.45, 7) is 0. The third-order valence-corrected chi connectivity index (χ3v) is 10.2. The number of aromatic nitrogens is 4. The highest BCUT2D eigenvalue weighted by Crippen LogP contribution is 2.40. The van der Waals surface area contributed by atoms with Gasteiger partial charge in [-0.25, -0.2) is 4.98 Å². The van der Waals surface area contributed by atoms with Gasteiger partial charge in [0.25, 0.3) is 0 Å². The van der Waals surface area contributed by atoms with E-state index in [9.17, 15) is 0 Å². The van der Waals surface area contributed by atoms with E-state index in [1.165, 1.54) is 43.4 Å². The lowest BCUT2D eigenvalue weighted by atomic mass is 9.92. The maximum Gasteiger partial charge on any atom is 0.221 e. The first-order chi connectivity index (χ1) is 24.3. The van der Waals surface area contributed by atoms with E-state index >= 15 is 0 Å². The first-order valence-corrected chi connectivity index (χ1v) is 16.7. The van der Waals surface area contributed by atoms with E-state index in [4.69, 9.17) is 4.98 Å². The van der Waals surface area contributed by atoms with E-state index in [2.05, 4.69) is 183 Å². The molecule has 0 fully saturated rings. The molecule has 0 radical (unpaired) electrons. The molecule has 228 valence electrons. The Labute approximate surface area is 281 Å². The van der Waals surface area contributed by atoms with Crippen LogP contribution in [-0.2, 0) is 0 Å². The molecular formula is C45H28N4. The maximum atomic E-state index is 5.41. The van der Waals surface area contributed by atoms with Gasteiger partial charge in [0.15, 0.2) is 5.65 Å². The van der Waals surface area contributed by atoms with Gasteiger partial charge in [0.1, 0.15) is 5.52 Å². The number of hydrogen-bond acceptors (Lipinski definition) is 1. The molecule has 3 heterocycles. The van der Waals surface area contributed by atoms with Gasteiger partial charge in [-0.3, -0.25) is 13.5 Å². The van der Waals surface area contributed by atoms with Crippen molar-refractivity contribution in [2.75, 3.05) is 0 Å². The molecule has 0 amide bonds. The lowest BCUT2D eigenvalue weighted by Gasteiger charge is -2.12. The fourth-order valence-electron chi connectivity index (χ4n) is 8.08. The molecule has 0 bridgehead atoms. The minimum atomic E-state index is 0.898. The standard InChI is InChI=1S/C45H28N4/c1-3-13-31(14-4-1)47-40-22-12-11-21-38(40)43-44(47)49-41-26-24-30(28-42(41)48(45(49)46-43)32-15-5-2-6-16-32)29-23-25-37-35-19-8-7-17-33(35)34-18-9-10-20-36(34)39(37)27-29/h1-28H. The molecular weight excluding hydrogens is 597 g/mol. The third-order valence-electron chi connectivity index (χ3n) is 10.2. The summed E-state index contributed by atoms with van der Waals surface area (Å²) in [6, 6.07) is 61.2. The minimum absolute atomic E-state index is 0.898. The van der Waals surface area contributed by atoms with Crippen molar-refractivity contribution in [1.29, 1.82) is 0 Å². The molecule has 0 saturated heterocycles. The fourth-order valence-corrected chi connectivity index (χ4v) is 8.08. The summed E-state index contributed by atoms with van der Waals surface area (Å²) in [5.74, 6) is 0.898. The summed E-state index contributed by atoms with van der Waals surface area (Å²) >= 11 is 0. The quantitative estimate of drug-likeness (QED) is 0.180. The molecule has 49 heavy (non-hydrogen) atoms. The molecule has 0 aliphatic heterocycles. The van der Waals surface area contributed by atoms with Gasteiger partial charge in [-0.15, -0.1) is 0 Å². The van der Waals surface area contributed by atoms with Crippen molar-refractivity contribution in [3.63, 3.8) is 0 Å². The Morgan fingerprint density at radius 3 is 1.53 bits per heavy atom. The van der Waals surface area contributed by atoms with Gasteiger partial charge in [0.2, 0.25) is 5.78 Å². The number of imidazole rings is 2. The second-order valence-electron chi connectivity index (χ2n) is 12.8. The highest BCUT2D eigenvalue weighted by molar-refractivity contribution is 6.25. The van der Waals surface area contributed by atoms with Crippen LogP contribution < -0.4 is 0 Å². The molecule has 0 saturated carbocycles. The van der Waals surface area contributed by atoms with Crippen LogP contribution >= 0.6 is 0 Å². The highest BCUT2D eigenvalue weighted by Gasteiger charge is 2.24. The zero-order valence-electron chi connectivity index (χ0n) is 26.5. The largest absolute Gasteiger partial charge is 0.294 e. The SMILES string of the molecule is c1ccc(-n2c3cc(-c4ccc5c6ccccc6c6ccccc6c5c4)ccc3n3c2nc2c4ccccc4n(-c4ccccc4)c23)cc1. The number of hydrogen-bond donors (Lipinski definition) is 0. The summed E-state index contributed by atoms with van der Waals surface area (Å²) in [7, 11) is 0. The van der Waals surface area contributed by atoms with Gasteiger partial charge in [-0.05, 0) is 92.0 Å². The van der Waals surface area contributed by atoms with Gasteiger partial charge < -0.3 is 0 Å². The maximum absolute atomic E-state index is 5.41. The summed E-state index contributed by atoms with van der Waals surface area (Å²) in [5.41, 5.74) is 10.00. The number of benzene rings is 8. The van der Waals surface area contributed by atoms with Crippen LogP contribution in [0.1, 0.15) is 0 Å². The Hall–Kier alpha value is -6.65. The average molecular weight is 625 g/mol. The molecule has 11 rings (SSSR count). The Morgan fingerprint density at radius 1 is 0.347 bits per heavy atom. The van der Waals surface area contributed by atoms with Crippen molar-refractivity contribution >= 4 is 71.2 Å². The van der Waals surface area contributed by atoms with Crippen LogP contribution in [0.15, 0.2) is 170 Å². The minimum Gasteiger partial charge on any atom is -0.294 e. The van der Waals surface area contributed by atoms with Gasteiger partial charge in [0, 0.05) is 16.8 Å². The first kappa shape index (κ1) is 26.4. The Balaban J connectivity index is 1.23. The van der Waals surface area contributed by atoms with Crippen molar-refractivity contribution in [2.24, 2.45) is 0 Å². The van der Waals surface area contributed by atoms with Crippen LogP contribution in [0, 0.1) is 0 Å². The van der Waals surface area contributed by atoms with Crippen molar-refractivity contribution in [3.05, 3.63) is 170 Å². The lowest BCUT2D eigenvalue weighted by Crippen LogP contribution is -1.97. The average Bonchev–Trinajstić information content (AvgIpc) is 3.81. The van der Waals surface area contributed by atoms with E-state index in [1.807, 2.05) is 0 Å². The Morgan fingerprint density at radius 2 is 0.857 bits per heavy atom. The summed E-state index contributed by atoms with van der Waals surface area (Å²) < 4.78 is 7.01. The normalized spacial score (nSPS) is 12.1. The van der Waals surface area contributed by atoms with Gasteiger partial charge in [-0.2, -0.15) is 0 Å². The fraction of sp³-hybridized carbons (Fsp3) is 0. The zero-order chi connectivity index (χ0) is 32.1. The summed E-state index contributed by atoms with van der Waals surface area (Å²) in [5, 5.41) is 8.84. The summed E-state index contributed by atoms with van der Waals surface area (Å²) in [6.07, 6.45) is 0. The number of fused-ring (bicyclic) bond motifs is 13. The molecule has 0 aliphatic rings. The van der Waals surface area contributed by atoms with Crippen LogP contribution in [0.2, 0.25) is 0 Å². The van der Waals surface area contributed by atoms with E-state index < -0.39 is 0 Å². The predicted octanol–water partition coefficient (Wildman–Crippen LogP) is 11.5. The Bertz CT molecular complexity index is 3050. The van der Waals surface area contributed by atoms with Crippen LogP contribution in [0.25, 0.3) is 93.7 Å². The van der Waals surface area contributed by atoms with Gasteiger partial charge in [-0.1, -0.05) is 121 Å². The third kappa shape index (κ3) is 3.66. The monoisotopic (exact) mass is 624 g/mol. The molecule has 0 aliphatic carbocycles. The second-order valence-corrected chi connectivity index (χ2v) is 12.8. The van der Waals surface area contributed by atoms with Crippen molar-refractivity contribution in [1.82, 2.24) is 18.5 Å². The number of rotatable bonds is 3. The van der Waals surface area contributed by atoms with Crippen molar-refractivity contribution in [3.8, 4) is 22.5 Å². The molecule has 4 nitrogen and oxygen atoms in total. The molecule has 11 aromatic rings. The molecule has 0 unspecified atom stereocenters. The second kappa shape index (κ2) is 9.93. The number of para-hydroxylation sites is 3. The zero-order valence-corrected chi connectivity index (χ0v) is 26.5. The highest BCUT2D eigenvalue weighted by atomic mass is 15.3. The van der Waals surface area contributed by atoms with Crippen LogP contribution in [-0.4, -0.2) is 18.5 Å².